The lowest BCUT2D eigenvalue weighted by Crippen LogP contribution is -2.28. The number of hydrogen-bond donors (Lipinski definition) is 1. The van der Waals surface area contributed by atoms with Gasteiger partial charge in [-0.2, -0.15) is 0 Å². The number of ether oxygens (including phenoxy) is 2. The second-order valence-electron chi connectivity index (χ2n) is 5.80. The predicted octanol–water partition coefficient (Wildman–Crippen LogP) is 3.97. The molecular weight excluding hydrogens is 314 g/mol. The average Bonchev–Trinajstić information content (AvgIpc) is 2.65. The van der Waals surface area contributed by atoms with E-state index in [2.05, 4.69) is 17.4 Å². The maximum Gasteiger partial charge on any atom is 0.251 e. The van der Waals surface area contributed by atoms with Gasteiger partial charge in [-0.3, -0.25) is 4.79 Å². The van der Waals surface area contributed by atoms with E-state index in [0.29, 0.717) is 24.5 Å². The lowest BCUT2D eigenvalue weighted by molar-refractivity contribution is 0.0946. The number of carbonyl (C=O) groups is 1. The summed E-state index contributed by atoms with van der Waals surface area (Å²) in [5.41, 5.74) is 1.58. The molecular formula is C21H21NO3. The summed E-state index contributed by atoms with van der Waals surface area (Å²) in [5.74, 6) is 1.37. The summed E-state index contributed by atoms with van der Waals surface area (Å²) in [6.07, 6.45) is 0. The number of fused-ring (bicyclic) bond motifs is 1. The van der Waals surface area contributed by atoms with E-state index in [9.17, 15) is 4.79 Å². The normalized spacial score (nSPS) is 10.5. The quantitative estimate of drug-likeness (QED) is 0.694. The molecule has 0 atom stereocenters. The first kappa shape index (κ1) is 16.8. The molecule has 25 heavy (non-hydrogen) atoms. The topological polar surface area (TPSA) is 47.6 Å². The molecule has 3 rings (SSSR count). The van der Waals surface area contributed by atoms with E-state index in [1.54, 1.807) is 19.2 Å². The number of nitrogens with one attached hydrogen (secondary N) is 1. The van der Waals surface area contributed by atoms with Crippen LogP contribution in [-0.2, 0) is 0 Å². The number of rotatable bonds is 6. The molecule has 0 fully saturated rings. The standard InChI is InChI=1S/C21H21NO3/c1-15-7-8-18(14-20(15)24-2)21(23)22-11-12-25-19-10-9-16-5-3-4-6-17(16)13-19/h3-10,13-14H,11-12H2,1-2H3,(H,22,23). The first-order valence-corrected chi connectivity index (χ1v) is 8.22. The molecule has 3 aromatic carbocycles. The van der Waals surface area contributed by atoms with Crippen LogP contribution in [0.15, 0.2) is 60.7 Å². The fraction of sp³-hybridized carbons (Fsp3) is 0.190. The van der Waals surface area contributed by atoms with E-state index in [4.69, 9.17) is 9.47 Å². The number of benzene rings is 3. The van der Waals surface area contributed by atoms with Gasteiger partial charge < -0.3 is 14.8 Å². The third-order valence-electron chi connectivity index (χ3n) is 4.05. The van der Waals surface area contributed by atoms with Crippen LogP contribution in [0.1, 0.15) is 15.9 Å². The van der Waals surface area contributed by atoms with Crippen molar-refractivity contribution < 1.29 is 14.3 Å². The van der Waals surface area contributed by atoms with Crippen molar-refractivity contribution in [2.75, 3.05) is 20.3 Å². The lowest BCUT2D eigenvalue weighted by Gasteiger charge is -2.10. The van der Waals surface area contributed by atoms with Crippen molar-refractivity contribution in [2.24, 2.45) is 0 Å². The minimum absolute atomic E-state index is 0.139. The maximum atomic E-state index is 12.2. The zero-order valence-corrected chi connectivity index (χ0v) is 14.4. The highest BCUT2D eigenvalue weighted by atomic mass is 16.5. The summed E-state index contributed by atoms with van der Waals surface area (Å²) >= 11 is 0. The molecule has 0 aliphatic heterocycles. The second-order valence-corrected chi connectivity index (χ2v) is 5.80. The van der Waals surface area contributed by atoms with E-state index < -0.39 is 0 Å². The Morgan fingerprint density at radius 1 is 1.00 bits per heavy atom. The van der Waals surface area contributed by atoms with Crippen molar-refractivity contribution in [3.05, 3.63) is 71.8 Å². The Labute approximate surface area is 147 Å². The first-order valence-electron chi connectivity index (χ1n) is 8.22. The number of methoxy groups -OCH3 is 1. The van der Waals surface area contributed by atoms with Crippen molar-refractivity contribution in [3.8, 4) is 11.5 Å². The van der Waals surface area contributed by atoms with E-state index >= 15 is 0 Å². The molecule has 0 aliphatic rings. The minimum Gasteiger partial charge on any atom is -0.496 e. The second kappa shape index (κ2) is 7.71. The number of amides is 1. The highest BCUT2D eigenvalue weighted by Gasteiger charge is 2.08. The molecule has 0 unspecified atom stereocenters. The Morgan fingerprint density at radius 3 is 2.60 bits per heavy atom. The molecule has 0 heterocycles. The van der Waals surface area contributed by atoms with Gasteiger partial charge in [0.1, 0.15) is 18.1 Å². The van der Waals surface area contributed by atoms with Crippen molar-refractivity contribution in [1.29, 1.82) is 0 Å². The summed E-state index contributed by atoms with van der Waals surface area (Å²) in [4.78, 5) is 12.2. The molecule has 1 N–H and O–H groups in total. The van der Waals surface area contributed by atoms with E-state index in [0.717, 1.165) is 16.7 Å². The Kier molecular flexibility index (Phi) is 5.19. The Morgan fingerprint density at radius 2 is 1.80 bits per heavy atom. The third-order valence-corrected chi connectivity index (χ3v) is 4.05. The summed E-state index contributed by atoms with van der Waals surface area (Å²) < 4.78 is 11.0. The summed E-state index contributed by atoms with van der Waals surface area (Å²) in [6, 6.07) is 19.5. The van der Waals surface area contributed by atoms with Crippen molar-refractivity contribution >= 4 is 16.7 Å². The molecule has 128 valence electrons. The molecule has 4 heteroatoms. The first-order chi connectivity index (χ1) is 12.2. The van der Waals surface area contributed by atoms with Gasteiger partial charge in [-0.25, -0.2) is 0 Å². The van der Waals surface area contributed by atoms with Crippen LogP contribution in [-0.4, -0.2) is 26.2 Å². The predicted molar refractivity (Wildman–Crippen MR) is 99.5 cm³/mol. The molecule has 3 aromatic rings. The third kappa shape index (κ3) is 4.10. The Balaban J connectivity index is 1.52. The molecule has 0 aliphatic carbocycles. The van der Waals surface area contributed by atoms with Gasteiger partial charge in [-0.1, -0.05) is 36.4 Å². The smallest absolute Gasteiger partial charge is 0.251 e. The Hall–Kier alpha value is -3.01. The highest BCUT2D eigenvalue weighted by molar-refractivity contribution is 5.94. The molecule has 0 bridgehead atoms. The summed E-state index contributed by atoms with van der Waals surface area (Å²) in [6.45, 7) is 2.78. The summed E-state index contributed by atoms with van der Waals surface area (Å²) in [5, 5.41) is 5.17. The molecule has 0 saturated heterocycles. The van der Waals surface area contributed by atoms with Crippen LogP contribution in [0.5, 0.6) is 11.5 Å². The fourth-order valence-electron chi connectivity index (χ4n) is 2.65. The molecule has 0 spiro atoms. The van der Waals surface area contributed by atoms with Gasteiger partial charge in [0, 0.05) is 5.56 Å². The van der Waals surface area contributed by atoms with Crippen LogP contribution >= 0.6 is 0 Å². The highest BCUT2D eigenvalue weighted by Crippen LogP contribution is 2.20. The van der Waals surface area contributed by atoms with Crippen LogP contribution in [0.2, 0.25) is 0 Å². The van der Waals surface area contributed by atoms with Gasteiger partial charge in [-0.15, -0.1) is 0 Å². The van der Waals surface area contributed by atoms with E-state index in [-0.39, 0.29) is 5.91 Å². The zero-order chi connectivity index (χ0) is 17.6. The molecule has 4 nitrogen and oxygen atoms in total. The van der Waals surface area contributed by atoms with Gasteiger partial charge in [0.15, 0.2) is 0 Å². The van der Waals surface area contributed by atoms with E-state index in [1.807, 2.05) is 43.3 Å². The van der Waals surface area contributed by atoms with Crippen LogP contribution in [0.4, 0.5) is 0 Å². The molecule has 0 radical (unpaired) electrons. The monoisotopic (exact) mass is 335 g/mol. The van der Waals surface area contributed by atoms with Crippen molar-refractivity contribution in [3.63, 3.8) is 0 Å². The minimum atomic E-state index is -0.139. The maximum absolute atomic E-state index is 12.2. The van der Waals surface area contributed by atoms with Gasteiger partial charge in [-0.05, 0) is 47.5 Å². The molecule has 0 aromatic heterocycles. The molecule has 0 saturated carbocycles. The Bertz CT molecular complexity index is 889. The number of hydrogen-bond acceptors (Lipinski definition) is 3. The molecule has 1 amide bonds. The van der Waals surface area contributed by atoms with Crippen molar-refractivity contribution in [2.45, 2.75) is 6.92 Å². The SMILES string of the molecule is COc1cc(C(=O)NCCOc2ccc3ccccc3c2)ccc1C. The number of aryl methyl sites for hydroxylation is 1. The van der Waals surface area contributed by atoms with Crippen LogP contribution in [0, 0.1) is 6.92 Å². The fourth-order valence-corrected chi connectivity index (χ4v) is 2.65. The largest absolute Gasteiger partial charge is 0.496 e. The van der Waals surface area contributed by atoms with Gasteiger partial charge in [0.2, 0.25) is 0 Å². The van der Waals surface area contributed by atoms with E-state index in [1.165, 1.54) is 5.39 Å². The number of carbonyl (C=O) groups excluding carboxylic acids is 1. The van der Waals surface area contributed by atoms with Crippen molar-refractivity contribution in [1.82, 2.24) is 5.32 Å². The lowest BCUT2D eigenvalue weighted by atomic mass is 10.1. The van der Waals surface area contributed by atoms with Gasteiger partial charge in [0.05, 0.1) is 13.7 Å². The summed E-state index contributed by atoms with van der Waals surface area (Å²) in [7, 11) is 1.60. The van der Waals surface area contributed by atoms with Gasteiger partial charge >= 0.3 is 0 Å². The van der Waals surface area contributed by atoms with Crippen LogP contribution in [0.3, 0.4) is 0 Å². The van der Waals surface area contributed by atoms with Gasteiger partial charge in [0.25, 0.3) is 5.91 Å². The average molecular weight is 335 g/mol. The van der Waals surface area contributed by atoms with Crippen LogP contribution < -0.4 is 14.8 Å². The zero-order valence-electron chi connectivity index (χ0n) is 14.4. The van der Waals surface area contributed by atoms with Crippen LogP contribution in [0.25, 0.3) is 10.8 Å².